The summed E-state index contributed by atoms with van der Waals surface area (Å²) in [4.78, 5) is 13.1. The molecule has 5 nitrogen and oxygen atoms in total. The van der Waals surface area contributed by atoms with Gasteiger partial charge in [0.05, 0.1) is 0 Å². The van der Waals surface area contributed by atoms with Crippen molar-refractivity contribution in [2.24, 2.45) is 17.6 Å². The van der Waals surface area contributed by atoms with E-state index in [4.69, 9.17) is 10.8 Å². The Morgan fingerprint density at radius 1 is 1.26 bits per heavy atom. The first-order valence-electron chi connectivity index (χ1n) is 7.57. The zero-order valence-electron chi connectivity index (χ0n) is 11.7. The van der Waals surface area contributed by atoms with Crippen LogP contribution >= 0.6 is 0 Å². The normalized spacial score (nSPS) is 28.8. The van der Waals surface area contributed by atoms with Crippen LogP contribution in [-0.4, -0.2) is 48.3 Å². The first kappa shape index (κ1) is 14.6. The van der Waals surface area contributed by atoms with Crippen molar-refractivity contribution in [2.75, 3.05) is 26.2 Å². The maximum Gasteiger partial charge on any atom is 0.314 e. The molecule has 4 N–H and O–H groups in total. The Labute approximate surface area is 115 Å². The van der Waals surface area contributed by atoms with E-state index in [-0.39, 0.29) is 12.6 Å². The number of carbonyl (C=O) groups excluding carboxylic acids is 1. The van der Waals surface area contributed by atoms with Gasteiger partial charge < -0.3 is 21.1 Å². The number of primary amides is 1. The second-order valence-electron chi connectivity index (χ2n) is 6.11. The van der Waals surface area contributed by atoms with Crippen LogP contribution < -0.4 is 11.1 Å². The molecule has 2 amide bonds. The molecule has 1 heterocycles. The minimum atomic E-state index is -0.338. The van der Waals surface area contributed by atoms with Crippen molar-refractivity contribution in [1.82, 2.24) is 10.2 Å². The molecule has 0 aromatic heterocycles. The summed E-state index contributed by atoms with van der Waals surface area (Å²) < 4.78 is 0. The number of hydrogen-bond donors (Lipinski definition) is 3. The van der Waals surface area contributed by atoms with Crippen molar-refractivity contribution in [3.8, 4) is 0 Å². The molecule has 0 spiro atoms. The van der Waals surface area contributed by atoms with E-state index in [2.05, 4.69) is 5.32 Å². The van der Waals surface area contributed by atoms with Gasteiger partial charge in [-0.1, -0.05) is 12.8 Å². The van der Waals surface area contributed by atoms with Crippen molar-refractivity contribution in [3.05, 3.63) is 0 Å². The average molecular weight is 269 g/mol. The molecule has 110 valence electrons. The van der Waals surface area contributed by atoms with Gasteiger partial charge in [0.2, 0.25) is 0 Å². The van der Waals surface area contributed by atoms with E-state index in [0.29, 0.717) is 25.0 Å². The molecular weight excluding hydrogens is 242 g/mol. The van der Waals surface area contributed by atoms with Gasteiger partial charge in [-0.15, -0.1) is 0 Å². The summed E-state index contributed by atoms with van der Waals surface area (Å²) in [6.45, 7) is 2.65. The van der Waals surface area contributed by atoms with Gasteiger partial charge in [0.25, 0.3) is 0 Å². The Morgan fingerprint density at radius 2 is 2.00 bits per heavy atom. The molecule has 2 aliphatic rings. The highest BCUT2D eigenvalue weighted by Crippen LogP contribution is 2.25. The number of likely N-dealkylation sites (tertiary alicyclic amines) is 1. The van der Waals surface area contributed by atoms with Crippen LogP contribution in [0.4, 0.5) is 4.79 Å². The molecule has 1 aliphatic heterocycles. The zero-order chi connectivity index (χ0) is 13.7. The quantitative estimate of drug-likeness (QED) is 0.694. The van der Waals surface area contributed by atoms with Crippen molar-refractivity contribution in [3.63, 3.8) is 0 Å². The lowest BCUT2D eigenvalue weighted by molar-refractivity contribution is 0.134. The molecule has 5 heteroatoms. The summed E-state index contributed by atoms with van der Waals surface area (Å²) in [5.74, 6) is 1.17. The first-order chi connectivity index (χ1) is 9.19. The van der Waals surface area contributed by atoms with Crippen LogP contribution in [0.15, 0.2) is 0 Å². The zero-order valence-corrected chi connectivity index (χ0v) is 11.7. The fourth-order valence-electron chi connectivity index (χ4n) is 3.47. The highest BCUT2D eigenvalue weighted by molar-refractivity contribution is 5.72. The number of aliphatic hydroxyl groups is 1. The Hall–Kier alpha value is -0.810. The van der Waals surface area contributed by atoms with E-state index in [1.807, 2.05) is 0 Å². The lowest BCUT2D eigenvalue weighted by Gasteiger charge is -2.37. The largest absolute Gasteiger partial charge is 0.396 e. The monoisotopic (exact) mass is 269 g/mol. The maximum absolute atomic E-state index is 11.4. The van der Waals surface area contributed by atoms with Gasteiger partial charge >= 0.3 is 6.03 Å². The fourth-order valence-corrected chi connectivity index (χ4v) is 3.47. The molecule has 0 aromatic rings. The smallest absolute Gasteiger partial charge is 0.314 e. The second kappa shape index (κ2) is 7.10. The highest BCUT2D eigenvalue weighted by atomic mass is 16.3. The van der Waals surface area contributed by atoms with Gasteiger partial charge in [-0.25, -0.2) is 4.79 Å². The summed E-state index contributed by atoms with van der Waals surface area (Å²) in [5, 5.41) is 12.7. The lowest BCUT2D eigenvalue weighted by atomic mass is 9.91. The number of nitrogens with one attached hydrogen (secondary N) is 1. The molecular formula is C14H27N3O2. The lowest BCUT2D eigenvalue weighted by Crippen LogP contribution is -2.53. The average Bonchev–Trinajstić information content (AvgIpc) is 2.89. The van der Waals surface area contributed by atoms with E-state index < -0.39 is 0 Å². The molecule has 2 rings (SSSR count). The number of carbonyl (C=O) groups is 1. The minimum Gasteiger partial charge on any atom is -0.396 e. The predicted molar refractivity (Wildman–Crippen MR) is 74.7 cm³/mol. The van der Waals surface area contributed by atoms with Crippen LogP contribution in [0, 0.1) is 11.8 Å². The molecule has 0 radical (unpaired) electrons. The first-order valence-corrected chi connectivity index (χ1v) is 7.57. The Morgan fingerprint density at radius 3 is 2.63 bits per heavy atom. The number of rotatable bonds is 5. The molecule has 1 saturated carbocycles. The van der Waals surface area contributed by atoms with Crippen LogP contribution in [0.3, 0.4) is 0 Å². The SMILES string of the molecule is NC(=O)N1CC(CCO)CC(NCC2CCCC2)C1. The number of amides is 2. The van der Waals surface area contributed by atoms with Gasteiger partial charge in [-0.3, -0.25) is 0 Å². The Kier molecular flexibility index (Phi) is 5.45. The van der Waals surface area contributed by atoms with Gasteiger partial charge in [0.1, 0.15) is 0 Å². The summed E-state index contributed by atoms with van der Waals surface area (Å²) >= 11 is 0. The van der Waals surface area contributed by atoms with Crippen LogP contribution in [0.2, 0.25) is 0 Å². The van der Waals surface area contributed by atoms with E-state index in [9.17, 15) is 4.79 Å². The van der Waals surface area contributed by atoms with Crippen molar-refractivity contribution >= 4 is 6.03 Å². The van der Waals surface area contributed by atoms with Crippen molar-refractivity contribution < 1.29 is 9.90 Å². The number of urea groups is 1. The van der Waals surface area contributed by atoms with E-state index in [1.165, 1.54) is 25.7 Å². The molecule has 0 aromatic carbocycles. The molecule has 1 saturated heterocycles. The van der Waals surface area contributed by atoms with Gasteiger partial charge in [-0.05, 0) is 44.1 Å². The van der Waals surface area contributed by atoms with Crippen molar-refractivity contribution in [2.45, 2.75) is 44.6 Å². The van der Waals surface area contributed by atoms with Gasteiger partial charge in [0.15, 0.2) is 0 Å². The number of nitrogens with zero attached hydrogens (tertiary/aromatic N) is 1. The summed E-state index contributed by atoms with van der Waals surface area (Å²) in [7, 11) is 0. The number of piperidine rings is 1. The molecule has 2 fully saturated rings. The van der Waals surface area contributed by atoms with E-state index in [0.717, 1.165) is 25.3 Å². The maximum atomic E-state index is 11.4. The van der Waals surface area contributed by atoms with Crippen LogP contribution in [0.5, 0.6) is 0 Å². The third kappa shape index (κ3) is 4.35. The molecule has 2 atom stereocenters. The number of nitrogens with two attached hydrogens (primary N) is 1. The fraction of sp³-hybridized carbons (Fsp3) is 0.929. The molecule has 1 aliphatic carbocycles. The van der Waals surface area contributed by atoms with E-state index in [1.54, 1.807) is 4.90 Å². The van der Waals surface area contributed by atoms with Crippen LogP contribution in [0.1, 0.15) is 38.5 Å². The number of aliphatic hydroxyl groups excluding tert-OH is 1. The van der Waals surface area contributed by atoms with Gasteiger partial charge in [0, 0.05) is 25.7 Å². The summed E-state index contributed by atoms with van der Waals surface area (Å²) in [6.07, 6.45) is 7.18. The van der Waals surface area contributed by atoms with Gasteiger partial charge in [-0.2, -0.15) is 0 Å². The topological polar surface area (TPSA) is 78.6 Å². The Balaban J connectivity index is 1.81. The third-order valence-electron chi connectivity index (χ3n) is 4.56. The van der Waals surface area contributed by atoms with Crippen LogP contribution in [-0.2, 0) is 0 Å². The molecule has 0 bridgehead atoms. The van der Waals surface area contributed by atoms with Crippen LogP contribution in [0.25, 0.3) is 0 Å². The predicted octanol–water partition coefficient (Wildman–Crippen LogP) is 0.918. The van der Waals surface area contributed by atoms with Crippen molar-refractivity contribution in [1.29, 1.82) is 0 Å². The van der Waals surface area contributed by atoms with E-state index >= 15 is 0 Å². The standard InChI is InChI=1S/C14H27N3O2/c15-14(19)17-9-12(5-6-18)7-13(10-17)16-8-11-3-1-2-4-11/h11-13,16,18H,1-10H2,(H2,15,19). The molecule has 2 unspecified atom stereocenters. The third-order valence-corrected chi connectivity index (χ3v) is 4.56. The summed E-state index contributed by atoms with van der Waals surface area (Å²) in [6, 6.07) is -0.00583. The number of hydrogen-bond acceptors (Lipinski definition) is 3. The Bertz CT molecular complexity index is 292. The second-order valence-corrected chi connectivity index (χ2v) is 6.11. The summed E-state index contributed by atoms with van der Waals surface area (Å²) in [5.41, 5.74) is 5.40. The molecule has 19 heavy (non-hydrogen) atoms. The highest BCUT2D eigenvalue weighted by Gasteiger charge is 2.29. The minimum absolute atomic E-state index is 0.187.